The fourth-order valence-corrected chi connectivity index (χ4v) is 4.09. The maximum absolute atomic E-state index is 15.0. The van der Waals surface area contributed by atoms with Crippen molar-refractivity contribution in [2.24, 2.45) is 0 Å². The molecular weight excluding hydrogens is 691 g/mol. The molecule has 0 aliphatic rings. The van der Waals surface area contributed by atoms with E-state index in [1.807, 2.05) is 0 Å². The molecule has 0 aromatic heterocycles. The number of alkyl halides is 23. The largest absolute Gasteiger partial charge is 0.461 e. The van der Waals surface area contributed by atoms with Crippen LogP contribution in [0.25, 0.3) is 0 Å². The van der Waals surface area contributed by atoms with Crippen LogP contribution in [0.3, 0.4) is 0 Å². The minimum absolute atomic E-state index is 0.667. The Labute approximate surface area is 231 Å². The van der Waals surface area contributed by atoms with Crippen molar-refractivity contribution in [3.05, 3.63) is 0 Å². The Bertz CT molecular complexity index is 914. The van der Waals surface area contributed by atoms with E-state index in [9.17, 15) is 92.2 Å². The van der Waals surface area contributed by atoms with Crippen LogP contribution in [0.1, 0.15) is 40.0 Å². The summed E-state index contributed by atoms with van der Waals surface area (Å²) in [7, 11) is 0. The van der Waals surface area contributed by atoms with Crippen LogP contribution in [0.2, 0.25) is 0 Å². The van der Waals surface area contributed by atoms with Crippen molar-refractivity contribution in [1.29, 1.82) is 0 Å². The number of halogens is 23. The first-order valence-corrected chi connectivity index (χ1v) is 11.6. The Morgan fingerprint density at radius 3 is 0.659 bits per heavy atom. The molecule has 0 amide bonds. The van der Waals surface area contributed by atoms with Crippen molar-refractivity contribution in [2.75, 3.05) is 19.6 Å². The van der Waals surface area contributed by atoms with E-state index < -0.39 is 109 Å². The fraction of sp³-hybridized carbons (Fsp3) is 1.00. The lowest BCUT2D eigenvalue weighted by atomic mass is 9.85. The molecule has 266 valence electrons. The van der Waals surface area contributed by atoms with Gasteiger partial charge in [-0.3, -0.25) is 4.48 Å². The summed E-state index contributed by atoms with van der Waals surface area (Å²) in [5, 5.41) is 0. The van der Waals surface area contributed by atoms with E-state index >= 15 is 8.78 Å². The summed E-state index contributed by atoms with van der Waals surface area (Å²) < 4.78 is 313. The second kappa shape index (κ2) is 11.5. The Hall–Kier alpha value is -1.65. The molecule has 0 rings (SSSR count). The normalized spacial score (nSPS) is 16.5. The fourth-order valence-electron chi connectivity index (χ4n) is 4.09. The lowest BCUT2D eigenvalue weighted by molar-refractivity contribution is -1.02. The molecule has 1 nitrogen and oxygen atoms in total. The van der Waals surface area contributed by atoms with E-state index in [1.54, 1.807) is 0 Å². The van der Waals surface area contributed by atoms with Crippen LogP contribution in [0.4, 0.5) is 101 Å². The van der Waals surface area contributed by atoms with Crippen LogP contribution >= 0.6 is 0 Å². The average Bonchev–Trinajstić information content (AvgIpc) is 2.82. The van der Waals surface area contributed by atoms with Crippen molar-refractivity contribution in [3.63, 3.8) is 0 Å². The van der Waals surface area contributed by atoms with Gasteiger partial charge in [-0.1, -0.05) is 20.8 Å². The van der Waals surface area contributed by atoms with Crippen molar-refractivity contribution < 1.29 is 105 Å². The highest BCUT2D eigenvalue weighted by molar-refractivity contribution is 5.18. The molecule has 44 heavy (non-hydrogen) atoms. The summed E-state index contributed by atoms with van der Waals surface area (Å²) in [6.07, 6.45) is -10.1. The Balaban J connectivity index is 7.49. The summed E-state index contributed by atoms with van der Waals surface area (Å²) in [6, 6.07) is -6.71. The third-order valence-electron chi connectivity index (χ3n) is 6.44. The minimum atomic E-state index is -9.38. The molecule has 0 saturated heterocycles. The Morgan fingerprint density at radius 1 is 0.295 bits per heavy atom. The third kappa shape index (κ3) is 5.23. The molecule has 0 spiro atoms. The van der Waals surface area contributed by atoms with E-state index in [2.05, 4.69) is 0 Å². The highest BCUT2D eigenvalue weighted by Crippen LogP contribution is 2.67. The van der Waals surface area contributed by atoms with Crippen molar-refractivity contribution >= 4 is 0 Å². The van der Waals surface area contributed by atoms with Crippen LogP contribution < -0.4 is 0 Å². The van der Waals surface area contributed by atoms with Gasteiger partial charge in [0.05, 0.1) is 19.6 Å². The lowest BCUT2D eigenvalue weighted by Gasteiger charge is -2.49. The number of nitrogens with zero attached hydrogens (tertiary/aromatic N) is 1. The van der Waals surface area contributed by atoms with Gasteiger partial charge >= 0.3 is 65.5 Å². The van der Waals surface area contributed by atoms with Gasteiger partial charge in [-0.05, 0) is 19.3 Å². The molecular formula is C20H21F23N+. The van der Waals surface area contributed by atoms with Crippen LogP contribution in [0.15, 0.2) is 0 Å². The first-order valence-electron chi connectivity index (χ1n) is 11.6. The predicted molar refractivity (Wildman–Crippen MR) is 101 cm³/mol. The van der Waals surface area contributed by atoms with E-state index in [0.29, 0.717) is 0 Å². The molecule has 0 bridgehead atoms. The monoisotopic (exact) mass is 712 g/mol. The summed E-state index contributed by atoms with van der Waals surface area (Å²) in [6.45, 7) is -1.25. The molecule has 0 atom stereocenters. The van der Waals surface area contributed by atoms with Gasteiger partial charge in [0.2, 0.25) is 0 Å². The number of hydrogen-bond acceptors (Lipinski definition) is 0. The summed E-state index contributed by atoms with van der Waals surface area (Å²) in [4.78, 5) is 0. The zero-order valence-corrected chi connectivity index (χ0v) is 21.9. The average molecular weight is 712 g/mol. The molecule has 0 fully saturated rings. The molecule has 24 heteroatoms. The molecule has 0 unspecified atom stereocenters. The lowest BCUT2D eigenvalue weighted by Crippen LogP contribution is -2.80. The van der Waals surface area contributed by atoms with Crippen LogP contribution in [0.5, 0.6) is 0 Å². The van der Waals surface area contributed by atoms with E-state index in [-0.39, 0.29) is 0 Å². The van der Waals surface area contributed by atoms with Gasteiger partial charge in [0.1, 0.15) is 0 Å². The predicted octanol–water partition coefficient (Wildman–Crippen LogP) is 9.91. The number of quaternary nitrogens is 1. The summed E-state index contributed by atoms with van der Waals surface area (Å²) in [5.41, 5.74) is 0. The molecule has 0 aliphatic carbocycles. The smallest absolute Gasteiger partial charge is 0.257 e. The van der Waals surface area contributed by atoms with Gasteiger partial charge < -0.3 is 0 Å². The molecule has 0 aliphatic heterocycles. The zero-order chi connectivity index (χ0) is 36.2. The first-order chi connectivity index (χ1) is 18.9. The summed E-state index contributed by atoms with van der Waals surface area (Å²) >= 11 is 0. The highest BCUT2D eigenvalue weighted by Gasteiger charge is 2.99. The van der Waals surface area contributed by atoms with Gasteiger partial charge in [0.25, 0.3) is 0 Å². The van der Waals surface area contributed by atoms with Crippen molar-refractivity contribution in [2.45, 2.75) is 106 Å². The number of hydrogen-bond donors (Lipinski definition) is 0. The number of rotatable bonds is 16. The second-order valence-electron chi connectivity index (χ2n) is 9.52. The topological polar surface area (TPSA) is 0 Å². The van der Waals surface area contributed by atoms with Gasteiger partial charge in [0.15, 0.2) is 0 Å². The van der Waals surface area contributed by atoms with Gasteiger partial charge in [0, 0.05) is 0 Å². The van der Waals surface area contributed by atoms with Gasteiger partial charge in [-0.15, -0.1) is 8.78 Å². The van der Waals surface area contributed by atoms with Crippen LogP contribution in [-0.2, 0) is 0 Å². The molecule has 0 aromatic carbocycles. The molecule has 0 heterocycles. The van der Waals surface area contributed by atoms with Crippen molar-refractivity contribution in [3.8, 4) is 0 Å². The first kappa shape index (κ1) is 42.3. The standard InChI is InChI=1S/C20H21F23N/c1-4-7-44(8-5-2,9-6-3)20(42,43)18(37,38)16(33,34)14(29,30)12(25,26)10(21,22)11(23,24)13(27,28)15(31,32)17(35,36)19(39,40)41/h4-9H2,1-3H3/q+1. The highest BCUT2D eigenvalue weighted by atomic mass is 19.4. The maximum Gasteiger partial charge on any atom is 0.461 e. The van der Waals surface area contributed by atoms with Crippen LogP contribution in [0, 0.1) is 0 Å². The minimum Gasteiger partial charge on any atom is -0.257 e. The van der Waals surface area contributed by atoms with E-state index in [0.717, 1.165) is 20.8 Å². The Kier molecular flexibility index (Phi) is 11.1. The quantitative estimate of drug-likeness (QED) is 0.0850. The second-order valence-corrected chi connectivity index (χ2v) is 9.52. The maximum atomic E-state index is 15.0. The molecule has 0 aromatic rings. The van der Waals surface area contributed by atoms with Crippen LogP contribution in [-0.4, -0.2) is 89.6 Å². The third-order valence-corrected chi connectivity index (χ3v) is 6.44. The molecule has 0 radical (unpaired) electrons. The SMILES string of the molecule is CCC[N+](CCC)(CCC)C(F)(F)C(F)(F)C(F)(F)C(F)(F)C(F)(F)C(F)(F)C(F)(F)C(F)(F)C(F)(F)C(F)(F)C(F)(F)F. The summed E-state index contributed by atoms with van der Waals surface area (Å²) in [5.74, 6) is -80.6. The molecule has 0 saturated carbocycles. The van der Waals surface area contributed by atoms with Gasteiger partial charge in [-0.25, -0.2) is 0 Å². The molecule has 0 N–H and O–H groups in total. The van der Waals surface area contributed by atoms with Gasteiger partial charge in [-0.2, -0.15) is 92.2 Å². The zero-order valence-electron chi connectivity index (χ0n) is 21.9. The van der Waals surface area contributed by atoms with E-state index in [1.165, 1.54) is 0 Å². The van der Waals surface area contributed by atoms with Crippen molar-refractivity contribution in [1.82, 2.24) is 0 Å². The Morgan fingerprint density at radius 2 is 0.477 bits per heavy atom. The van der Waals surface area contributed by atoms with E-state index in [4.69, 9.17) is 0 Å².